The van der Waals surface area contributed by atoms with Crippen molar-refractivity contribution >= 4 is 5.91 Å². The van der Waals surface area contributed by atoms with Crippen molar-refractivity contribution in [3.8, 4) is 0 Å². The molecule has 6 heteroatoms. The van der Waals surface area contributed by atoms with Gasteiger partial charge in [-0.15, -0.1) is 0 Å². The van der Waals surface area contributed by atoms with Crippen LogP contribution in [0.1, 0.15) is 42.7 Å². The van der Waals surface area contributed by atoms with Gasteiger partial charge in [-0.05, 0) is 56.3 Å². The van der Waals surface area contributed by atoms with E-state index in [1.165, 1.54) is 16.0 Å². The molecule has 3 nitrogen and oxygen atoms in total. The number of fused-ring (bicyclic) bond motifs is 1. The van der Waals surface area contributed by atoms with Crippen molar-refractivity contribution in [1.82, 2.24) is 10.2 Å². The molecule has 1 atom stereocenters. The third-order valence-electron chi connectivity index (χ3n) is 5.38. The molecule has 138 valence electrons. The Morgan fingerprint density at radius 1 is 1.16 bits per heavy atom. The molecular weight excluding hydrogens is 329 g/mol. The molecule has 0 radical (unpaired) electrons. The summed E-state index contributed by atoms with van der Waals surface area (Å²) in [6.07, 6.45) is 0.142. The lowest BCUT2D eigenvalue weighted by atomic mass is 9.82. The Balaban J connectivity index is 1.47. The van der Waals surface area contributed by atoms with Gasteiger partial charge in [-0.2, -0.15) is 13.2 Å². The Bertz CT molecular complexity index is 595. The SMILES string of the molecule is O=C(NC[C@@H]1CCCc2ccccc21)C1CCN(CC(F)(F)F)CC1. The maximum atomic E-state index is 12.4. The van der Waals surface area contributed by atoms with E-state index in [1.807, 2.05) is 6.07 Å². The van der Waals surface area contributed by atoms with E-state index >= 15 is 0 Å². The summed E-state index contributed by atoms with van der Waals surface area (Å²) in [4.78, 5) is 13.8. The summed E-state index contributed by atoms with van der Waals surface area (Å²) in [5.74, 6) is 0.178. The highest BCUT2D eigenvalue weighted by molar-refractivity contribution is 5.78. The third-order valence-corrected chi connectivity index (χ3v) is 5.38. The van der Waals surface area contributed by atoms with Gasteiger partial charge in [0.25, 0.3) is 0 Å². The molecule has 1 fully saturated rings. The number of amides is 1. The molecule has 3 rings (SSSR count). The molecule has 1 aromatic rings. The van der Waals surface area contributed by atoms with Crippen LogP contribution in [0.5, 0.6) is 0 Å². The Morgan fingerprint density at radius 2 is 1.88 bits per heavy atom. The van der Waals surface area contributed by atoms with Gasteiger partial charge in [-0.25, -0.2) is 0 Å². The van der Waals surface area contributed by atoms with Gasteiger partial charge >= 0.3 is 6.18 Å². The number of nitrogens with one attached hydrogen (secondary N) is 1. The lowest BCUT2D eigenvalue weighted by Crippen LogP contribution is -2.44. The zero-order valence-corrected chi connectivity index (χ0v) is 14.3. The van der Waals surface area contributed by atoms with Crippen molar-refractivity contribution < 1.29 is 18.0 Å². The van der Waals surface area contributed by atoms with Crippen LogP contribution in [0.3, 0.4) is 0 Å². The van der Waals surface area contributed by atoms with Crippen LogP contribution in [0.25, 0.3) is 0 Å². The molecule has 0 unspecified atom stereocenters. The first-order valence-electron chi connectivity index (χ1n) is 9.07. The van der Waals surface area contributed by atoms with E-state index in [4.69, 9.17) is 0 Å². The first-order chi connectivity index (χ1) is 11.9. The molecule has 1 amide bonds. The van der Waals surface area contributed by atoms with Crippen LogP contribution in [0, 0.1) is 5.92 Å². The molecule has 1 aliphatic heterocycles. The van der Waals surface area contributed by atoms with Crippen LogP contribution >= 0.6 is 0 Å². The van der Waals surface area contributed by atoms with Gasteiger partial charge in [0, 0.05) is 18.4 Å². The van der Waals surface area contributed by atoms with Crippen molar-refractivity contribution in [3.63, 3.8) is 0 Å². The Kier molecular flexibility index (Phi) is 5.67. The van der Waals surface area contributed by atoms with Gasteiger partial charge in [-0.1, -0.05) is 24.3 Å². The van der Waals surface area contributed by atoms with E-state index in [0.29, 0.717) is 38.4 Å². The lowest BCUT2D eigenvalue weighted by Gasteiger charge is -2.32. The summed E-state index contributed by atoms with van der Waals surface area (Å²) < 4.78 is 37.3. The van der Waals surface area contributed by atoms with Crippen molar-refractivity contribution in [3.05, 3.63) is 35.4 Å². The Labute approximate surface area is 146 Å². The summed E-state index contributed by atoms with van der Waals surface area (Å²) in [6, 6.07) is 8.38. The molecular formula is C19H25F3N2O. The highest BCUT2D eigenvalue weighted by atomic mass is 19.4. The monoisotopic (exact) mass is 354 g/mol. The van der Waals surface area contributed by atoms with Gasteiger partial charge in [0.1, 0.15) is 0 Å². The van der Waals surface area contributed by atoms with E-state index in [2.05, 4.69) is 23.5 Å². The fourth-order valence-corrected chi connectivity index (χ4v) is 4.04. The highest BCUT2D eigenvalue weighted by Gasteiger charge is 2.34. The van der Waals surface area contributed by atoms with E-state index < -0.39 is 12.7 Å². The molecule has 1 aliphatic carbocycles. The molecule has 1 saturated heterocycles. The minimum absolute atomic E-state index is 0.00490. The smallest absolute Gasteiger partial charge is 0.355 e. The molecule has 1 aromatic carbocycles. The van der Waals surface area contributed by atoms with Crippen molar-refractivity contribution in [2.24, 2.45) is 5.92 Å². The minimum atomic E-state index is -4.16. The second-order valence-electron chi connectivity index (χ2n) is 7.20. The first-order valence-corrected chi connectivity index (χ1v) is 9.07. The highest BCUT2D eigenvalue weighted by Crippen LogP contribution is 2.31. The number of aryl methyl sites for hydroxylation is 1. The van der Waals surface area contributed by atoms with E-state index in [0.717, 1.165) is 19.3 Å². The number of nitrogens with zero attached hydrogens (tertiary/aromatic N) is 1. The predicted octanol–water partition coefficient (Wildman–Crippen LogP) is 3.50. The maximum Gasteiger partial charge on any atom is 0.401 e. The van der Waals surface area contributed by atoms with E-state index in [1.54, 1.807) is 0 Å². The molecule has 2 aliphatic rings. The van der Waals surface area contributed by atoms with Gasteiger partial charge in [0.15, 0.2) is 0 Å². The van der Waals surface area contributed by atoms with Crippen LogP contribution < -0.4 is 5.32 Å². The summed E-state index contributed by atoms with van der Waals surface area (Å²) >= 11 is 0. The van der Waals surface area contributed by atoms with Gasteiger partial charge in [0.05, 0.1) is 6.54 Å². The summed E-state index contributed by atoms with van der Waals surface area (Å²) in [5, 5.41) is 3.05. The van der Waals surface area contributed by atoms with Gasteiger partial charge in [0.2, 0.25) is 5.91 Å². The summed E-state index contributed by atoms with van der Waals surface area (Å²) in [7, 11) is 0. The average molecular weight is 354 g/mol. The lowest BCUT2D eigenvalue weighted by molar-refractivity contribution is -0.149. The Hall–Kier alpha value is -1.56. The molecule has 1 heterocycles. The third kappa shape index (κ3) is 4.97. The van der Waals surface area contributed by atoms with Crippen molar-refractivity contribution in [1.29, 1.82) is 0 Å². The zero-order valence-electron chi connectivity index (χ0n) is 14.3. The molecule has 1 N–H and O–H groups in total. The number of rotatable bonds is 4. The number of carbonyl (C=O) groups excluding carboxylic acids is 1. The Morgan fingerprint density at radius 3 is 2.60 bits per heavy atom. The number of likely N-dealkylation sites (tertiary alicyclic amines) is 1. The average Bonchev–Trinajstić information content (AvgIpc) is 2.59. The maximum absolute atomic E-state index is 12.4. The molecule has 0 spiro atoms. The van der Waals surface area contributed by atoms with Crippen molar-refractivity contribution in [2.75, 3.05) is 26.2 Å². The second kappa shape index (κ2) is 7.77. The largest absolute Gasteiger partial charge is 0.401 e. The second-order valence-corrected chi connectivity index (χ2v) is 7.20. The number of benzene rings is 1. The first kappa shape index (κ1) is 18.2. The predicted molar refractivity (Wildman–Crippen MR) is 90.3 cm³/mol. The van der Waals surface area contributed by atoms with Gasteiger partial charge < -0.3 is 5.32 Å². The molecule has 25 heavy (non-hydrogen) atoms. The number of halogens is 3. The van der Waals surface area contributed by atoms with Gasteiger partial charge in [-0.3, -0.25) is 9.69 Å². The zero-order chi connectivity index (χ0) is 17.9. The molecule has 0 saturated carbocycles. The van der Waals surface area contributed by atoms with E-state index in [-0.39, 0.29) is 11.8 Å². The van der Waals surface area contributed by atoms with Crippen LogP contribution in [-0.2, 0) is 11.2 Å². The summed E-state index contributed by atoms with van der Waals surface area (Å²) in [5.41, 5.74) is 2.70. The number of alkyl halides is 3. The van der Waals surface area contributed by atoms with Crippen LogP contribution in [-0.4, -0.2) is 43.2 Å². The number of hydrogen-bond donors (Lipinski definition) is 1. The van der Waals surface area contributed by atoms with Crippen LogP contribution in [0.2, 0.25) is 0 Å². The number of hydrogen-bond acceptors (Lipinski definition) is 2. The number of piperidine rings is 1. The topological polar surface area (TPSA) is 32.3 Å². The van der Waals surface area contributed by atoms with E-state index in [9.17, 15) is 18.0 Å². The molecule has 0 bridgehead atoms. The fraction of sp³-hybridized carbons (Fsp3) is 0.632. The standard InChI is InChI=1S/C19H25F3N2O/c20-19(21,22)13-24-10-8-15(9-11-24)18(25)23-12-16-6-3-5-14-4-1-2-7-17(14)16/h1-2,4,7,15-16H,3,5-6,8-13H2,(H,23,25)/t16-/m0/s1. The quantitative estimate of drug-likeness (QED) is 0.898. The van der Waals surface area contributed by atoms with Crippen LogP contribution in [0.4, 0.5) is 13.2 Å². The number of carbonyl (C=O) groups is 1. The molecule has 0 aromatic heterocycles. The summed E-state index contributed by atoms with van der Waals surface area (Å²) in [6.45, 7) is 0.423. The fourth-order valence-electron chi connectivity index (χ4n) is 4.04. The van der Waals surface area contributed by atoms with Crippen molar-refractivity contribution in [2.45, 2.75) is 44.2 Å². The minimum Gasteiger partial charge on any atom is -0.355 e. The normalized spacial score (nSPS) is 22.4. The van der Waals surface area contributed by atoms with Crippen LogP contribution in [0.15, 0.2) is 24.3 Å².